The molecular formula is C21H23N3OS. The molecule has 0 radical (unpaired) electrons. The van der Waals surface area contributed by atoms with Crippen molar-refractivity contribution in [2.45, 2.75) is 27.7 Å². The lowest BCUT2D eigenvalue weighted by atomic mass is 10.1. The second-order valence-corrected chi connectivity index (χ2v) is 7.32. The maximum Gasteiger partial charge on any atom is 0.206 e. The first-order valence-corrected chi connectivity index (χ1v) is 9.36. The van der Waals surface area contributed by atoms with E-state index in [-0.39, 0.29) is 0 Å². The smallest absolute Gasteiger partial charge is 0.206 e. The normalized spacial score (nSPS) is 12.2. The number of thiazole rings is 1. The Hall–Kier alpha value is -2.66. The summed E-state index contributed by atoms with van der Waals surface area (Å²) in [5.74, 6) is 1.58. The highest BCUT2D eigenvalue weighted by molar-refractivity contribution is 7.07. The average Bonchev–Trinajstić information content (AvgIpc) is 3.19. The highest BCUT2D eigenvalue weighted by Gasteiger charge is 2.09. The topological polar surface area (TPSA) is 42.8 Å². The summed E-state index contributed by atoms with van der Waals surface area (Å²) >= 11 is 1.57. The second-order valence-electron chi connectivity index (χ2n) is 6.48. The Morgan fingerprint density at radius 3 is 2.65 bits per heavy atom. The quantitative estimate of drug-likeness (QED) is 0.458. The molecule has 3 rings (SSSR count). The number of hydrogen-bond acceptors (Lipinski definition) is 4. The molecule has 0 fully saturated rings. The lowest BCUT2D eigenvalue weighted by Crippen LogP contribution is -2.13. The van der Waals surface area contributed by atoms with Crippen LogP contribution >= 0.6 is 11.3 Å². The van der Waals surface area contributed by atoms with Crippen molar-refractivity contribution in [1.82, 2.24) is 4.68 Å². The fourth-order valence-electron chi connectivity index (χ4n) is 2.46. The maximum absolute atomic E-state index is 5.60. The van der Waals surface area contributed by atoms with Crippen molar-refractivity contribution in [3.8, 4) is 11.3 Å². The van der Waals surface area contributed by atoms with E-state index in [1.165, 1.54) is 11.1 Å². The van der Waals surface area contributed by atoms with Crippen LogP contribution in [0, 0.1) is 20.8 Å². The van der Waals surface area contributed by atoms with Gasteiger partial charge in [-0.1, -0.05) is 24.3 Å². The SMILES string of the molecule is C=C(C)CN=c1scc(-c2ccc(C)c(C)c2)n1N=Cc1ccc(C)o1. The number of rotatable bonds is 5. The van der Waals surface area contributed by atoms with Gasteiger partial charge in [-0.3, -0.25) is 4.99 Å². The number of aromatic nitrogens is 1. The van der Waals surface area contributed by atoms with E-state index in [4.69, 9.17) is 4.42 Å². The predicted octanol–water partition coefficient (Wildman–Crippen LogP) is 5.09. The van der Waals surface area contributed by atoms with Crippen molar-refractivity contribution >= 4 is 17.6 Å². The van der Waals surface area contributed by atoms with Crippen LogP contribution in [0.25, 0.3) is 11.3 Å². The molecule has 2 heterocycles. The summed E-state index contributed by atoms with van der Waals surface area (Å²) in [7, 11) is 0. The van der Waals surface area contributed by atoms with Crippen LogP contribution in [-0.2, 0) is 0 Å². The van der Waals surface area contributed by atoms with Gasteiger partial charge in [0, 0.05) is 10.9 Å². The van der Waals surface area contributed by atoms with Crippen molar-refractivity contribution < 1.29 is 4.42 Å². The van der Waals surface area contributed by atoms with Gasteiger partial charge in [-0.2, -0.15) is 5.10 Å². The third-order valence-electron chi connectivity index (χ3n) is 4.03. The van der Waals surface area contributed by atoms with Gasteiger partial charge < -0.3 is 4.42 Å². The van der Waals surface area contributed by atoms with Crippen molar-refractivity contribution in [3.05, 3.63) is 75.3 Å². The molecule has 0 aliphatic rings. The van der Waals surface area contributed by atoms with Crippen molar-refractivity contribution in [3.63, 3.8) is 0 Å². The number of benzene rings is 1. The zero-order chi connectivity index (χ0) is 18.7. The molecule has 0 saturated heterocycles. The van der Waals surface area contributed by atoms with Gasteiger partial charge >= 0.3 is 0 Å². The lowest BCUT2D eigenvalue weighted by Gasteiger charge is -2.06. The first kappa shape index (κ1) is 18.1. The van der Waals surface area contributed by atoms with Crippen LogP contribution in [0.2, 0.25) is 0 Å². The van der Waals surface area contributed by atoms with Gasteiger partial charge in [-0.25, -0.2) is 4.68 Å². The number of hydrogen-bond donors (Lipinski definition) is 0. The molecule has 5 heteroatoms. The summed E-state index contributed by atoms with van der Waals surface area (Å²) in [6.45, 7) is 12.6. The molecule has 0 saturated carbocycles. The molecule has 0 unspecified atom stereocenters. The van der Waals surface area contributed by atoms with E-state index >= 15 is 0 Å². The van der Waals surface area contributed by atoms with Gasteiger partial charge in [0.2, 0.25) is 4.80 Å². The predicted molar refractivity (Wildman–Crippen MR) is 109 cm³/mol. The van der Waals surface area contributed by atoms with E-state index in [1.807, 2.05) is 30.7 Å². The Morgan fingerprint density at radius 2 is 2.00 bits per heavy atom. The van der Waals surface area contributed by atoms with Gasteiger partial charge in [0.05, 0.1) is 18.5 Å². The summed E-state index contributed by atoms with van der Waals surface area (Å²) < 4.78 is 7.47. The second kappa shape index (κ2) is 7.70. The van der Waals surface area contributed by atoms with Crippen LogP contribution in [-0.4, -0.2) is 17.4 Å². The Labute approximate surface area is 157 Å². The zero-order valence-corrected chi connectivity index (χ0v) is 16.4. The van der Waals surface area contributed by atoms with Crippen LogP contribution in [0.4, 0.5) is 0 Å². The van der Waals surface area contributed by atoms with Crippen molar-refractivity contribution in [2.75, 3.05) is 6.54 Å². The van der Waals surface area contributed by atoms with Crippen LogP contribution < -0.4 is 4.80 Å². The number of aryl methyl sites for hydroxylation is 3. The minimum absolute atomic E-state index is 0.586. The van der Waals surface area contributed by atoms with Gasteiger partial charge in [-0.05, 0) is 57.0 Å². The minimum atomic E-state index is 0.586. The van der Waals surface area contributed by atoms with Crippen LogP contribution in [0.1, 0.15) is 29.6 Å². The summed E-state index contributed by atoms with van der Waals surface area (Å²) in [6, 6.07) is 10.3. The maximum atomic E-state index is 5.60. The van der Waals surface area contributed by atoms with E-state index in [2.05, 4.69) is 54.1 Å². The molecule has 4 nitrogen and oxygen atoms in total. The fourth-order valence-corrected chi connectivity index (χ4v) is 3.30. The van der Waals surface area contributed by atoms with E-state index < -0.39 is 0 Å². The summed E-state index contributed by atoms with van der Waals surface area (Å²) in [6.07, 6.45) is 1.73. The summed E-state index contributed by atoms with van der Waals surface area (Å²) in [5, 5.41) is 6.73. The molecule has 0 spiro atoms. The minimum Gasteiger partial charge on any atom is -0.460 e. The molecule has 0 aliphatic heterocycles. The fraction of sp³-hybridized carbons (Fsp3) is 0.238. The van der Waals surface area contributed by atoms with Gasteiger partial charge in [0.1, 0.15) is 11.5 Å². The third-order valence-corrected chi connectivity index (χ3v) is 4.89. The van der Waals surface area contributed by atoms with E-state index in [0.29, 0.717) is 6.54 Å². The molecule has 134 valence electrons. The number of nitrogens with zero attached hydrogens (tertiary/aromatic N) is 3. The highest BCUT2D eigenvalue weighted by atomic mass is 32.1. The molecule has 26 heavy (non-hydrogen) atoms. The zero-order valence-electron chi connectivity index (χ0n) is 15.6. The van der Waals surface area contributed by atoms with Crippen LogP contribution in [0.3, 0.4) is 0 Å². The summed E-state index contributed by atoms with van der Waals surface area (Å²) in [5.41, 5.74) is 5.68. The standard InChI is InChI=1S/C21H23N3OS/c1-14(2)11-22-21-24(23-12-19-9-7-17(5)25-19)20(13-26-21)18-8-6-15(3)16(4)10-18/h6-10,12-13H,1,11H2,2-5H3. The third kappa shape index (κ3) is 4.11. The number of furan rings is 1. The molecule has 0 N–H and O–H groups in total. The molecule has 3 aromatic rings. The lowest BCUT2D eigenvalue weighted by molar-refractivity contribution is 0.527. The molecule has 0 bridgehead atoms. The molecular weight excluding hydrogens is 342 g/mol. The largest absolute Gasteiger partial charge is 0.460 e. The van der Waals surface area contributed by atoms with Gasteiger partial charge in [0.25, 0.3) is 0 Å². The highest BCUT2D eigenvalue weighted by Crippen LogP contribution is 2.23. The Balaban J connectivity index is 2.09. The molecule has 0 amide bonds. The first-order valence-electron chi connectivity index (χ1n) is 8.48. The van der Waals surface area contributed by atoms with E-state index in [1.54, 1.807) is 17.6 Å². The van der Waals surface area contributed by atoms with Crippen molar-refractivity contribution in [1.29, 1.82) is 0 Å². The molecule has 0 aliphatic carbocycles. The Bertz CT molecular complexity index is 1030. The Kier molecular flexibility index (Phi) is 5.38. The van der Waals surface area contributed by atoms with Crippen LogP contribution in [0.15, 0.2) is 62.4 Å². The molecule has 2 aromatic heterocycles. The van der Waals surface area contributed by atoms with E-state index in [0.717, 1.165) is 33.2 Å². The van der Waals surface area contributed by atoms with E-state index in [9.17, 15) is 0 Å². The van der Waals surface area contributed by atoms with Crippen molar-refractivity contribution in [2.24, 2.45) is 10.1 Å². The average molecular weight is 366 g/mol. The summed E-state index contributed by atoms with van der Waals surface area (Å²) in [4.78, 5) is 5.48. The van der Waals surface area contributed by atoms with Gasteiger partial charge in [-0.15, -0.1) is 11.3 Å². The Morgan fingerprint density at radius 1 is 1.19 bits per heavy atom. The molecule has 0 atom stereocenters. The monoisotopic (exact) mass is 365 g/mol. The first-order chi connectivity index (χ1) is 12.4. The molecule has 1 aromatic carbocycles. The van der Waals surface area contributed by atoms with Gasteiger partial charge in [0.15, 0.2) is 0 Å². The van der Waals surface area contributed by atoms with Crippen LogP contribution in [0.5, 0.6) is 0 Å².